The Morgan fingerprint density at radius 2 is 2.06 bits per heavy atom. The number of carbonyl (C=O) groups is 2. The first kappa shape index (κ1) is 14.0. The van der Waals surface area contributed by atoms with Crippen molar-refractivity contribution in [1.29, 1.82) is 0 Å². The number of nitrogens with zero attached hydrogens (tertiary/aromatic N) is 1. The van der Waals surface area contributed by atoms with Crippen molar-refractivity contribution in [3.8, 4) is 5.75 Å². The molecule has 0 bridgehead atoms. The number of hydrogen-bond acceptors (Lipinski definition) is 5. The number of ether oxygens (including phenoxy) is 2. The molecular formula is C12H15NO5. The van der Waals surface area contributed by atoms with Crippen LogP contribution in [0, 0.1) is 0 Å². The van der Waals surface area contributed by atoms with E-state index in [4.69, 9.17) is 14.6 Å². The maximum Gasteiger partial charge on any atom is 0.358 e. The Bertz CT molecular complexity index is 450. The third kappa shape index (κ3) is 4.40. The Kier molecular flexibility index (Phi) is 4.25. The molecule has 1 heterocycles. The molecule has 1 rings (SSSR count). The lowest BCUT2D eigenvalue weighted by Gasteiger charge is -2.19. The summed E-state index contributed by atoms with van der Waals surface area (Å²) in [7, 11) is 0. The van der Waals surface area contributed by atoms with Crippen LogP contribution in [0.3, 0.4) is 0 Å². The van der Waals surface area contributed by atoms with Gasteiger partial charge >= 0.3 is 11.9 Å². The summed E-state index contributed by atoms with van der Waals surface area (Å²) in [6, 6.07) is 2.96. The molecule has 0 spiro atoms. The van der Waals surface area contributed by atoms with Crippen LogP contribution < -0.4 is 4.74 Å². The summed E-state index contributed by atoms with van der Waals surface area (Å²) in [6.07, 6.45) is 1.34. The number of aromatic carboxylic acids is 1. The van der Waals surface area contributed by atoms with Crippen LogP contribution in [0.4, 0.5) is 0 Å². The Hall–Kier alpha value is -2.11. The average molecular weight is 253 g/mol. The number of carbonyl (C=O) groups excluding carboxylic acids is 1. The van der Waals surface area contributed by atoms with Gasteiger partial charge in [-0.3, -0.25) is 0 Å². The van der Waals surface area contributed by atoms with E-state index in [0.29, 0.717) is 0 Å². The number of pyridine rings is 1. The maximum atomic E-state index is 11.4. The highest BCUT2D eigenvalue weighted by Crippen LogP contribution is 2.15. The van der Waals surface area contributed by atoms with Crippen LogP contribution in [0.2, 0.25) is 0 Å². The van der Waals surface area contributed by atoms with Gasteiger partial charge in [-0.2, -0.15) is 0 Å². The number of hydrogen-bond donors (Lipinski definition) is 1. The summed E-state index contributed by atoms with van der Waals surface area (Å²) in [5.74, 6) is -1.74. The van der Waals surface area contributed by atoms with Gasteiger partial charge in [0, 0.05) is 6.20 Å². The van der Waals surface area contributed by atoms with Gasteiger partial charge < -0.3 is 14.6 Å². The number of rotatable bonds is 4. The van der Waals surface area contributed by atoms with Gasteiger partial charge in [0.15, 0.2) is 18.1 Å². The van der Waals surface area contributed by atoms with Crippen molar-refractivity contribution >= 4 is 11.9 Å². The Labute approximate surface area is 105 Å². The predicted molar refractivity (Wildman–Crippen MR) is 62.5 cm³/mol. The van der Waals surface area contributed by atoms with Crippen molar-refractivity contribution in [3.05, 3.63) is 24.0 Å². The molecular weight excluding hydrogens is 238 g/mol. The molecule has 6 heteroatoms. The fraction of sp³-hybridized carbons (Fsp3) is 0.417. The zero-order chi connectivity index (χ0) is 13.8. The molecule has 0 saturated heterocycles. The standard InChI is InChI=1S/C12H15NO5/c1-12(2,3)18-9(14)7-17-8-5-4-6-13-10(8)11(15)16/h4-6H,7H2,1-3H3,(H,15,16). The first-order chi connectivity index (χ1) is 8.29. The molecule has 18 heavy (non-hydrogen) atoms. The van der Waals surface area contributed by atoms with E-state index in [0.717, 1.165) is 0 Å². The molecule has 0 aliphatic carbocycles. The van der Waals surface area contributed by atoms with Gasteiger partial charge in [0.2, 0.25) is 0 Å². The summed E-state index contributed by atoms with van der Waals surface area (Å²) < 4.78 is 10.1. The lowest BCUT2D eigenvalue weighted by molar-refractivity contribution is -0.157. The molecule has 0 fully saturated rings. The second-order valence-corrected chi connectivity index (χ2v) is 4.53. The zero-order valence-electron chi connectivity index (χ0n) is 10.5. The van der Waals surface area contributed by atoms with E-state index in [1.165, 1.54) is 18.3 Å². The zero-order valence-corrected chi connectivity index (χ0v) is 10.5. The Balaban J connectivity index is 2.64. The van der Waals surface area contributed by atoms with E-state index < -0.39 is 17.5 Å². The van der Waals surface area contributed by atoms with Crippen molar-refractivity contribution in [1.82, 2.24) is 4.98 Å². The van der Waals surface area contributed by atoms with Gasteiger partial charge in [-0.05, 0) is 32.9 Å². The summed E-state index contributed by atoms with van der Waals surface area (Å²) in [6.45, 7) is 4.84. The molecule has 0 radical (unpaired) electrons. The third-order valence-corrected chi connectivity index (χ3v) is 1.74. The van der Waals surface area contributed by atoms with E-state index in [1.807, 2.05) is 0 Å². The molecule has 0 atom stereocenters. The molecule has 0 unspecified atom stereocenters. The highest BCUT2D eigenvalue weighted by molar-refractivity contribution is 5.88. The minimum atomic E-state index is -1.21. The number of esters is 1. The molecule has 0 amide bonds. The monoisotopic (exact) mass is 253 g/mol. The number of carboxylic acid groups (broad SMARTS) is 1. The molecule has 0 saturated carbocycles. The Morgan fingerprint density at radius 1 is 1.39 bits per heavy atom. The smallest absolute Gasteiger partial charge is 0.358 e. The predicted octanol–water partition coefficient (Wildman–Crippen LogP) is 1.50. The summed E-state index contributed by atoms with van der Waals surface area (Å²) in [5, 5.41) is 8.86. The van der Waals surface area contributed by atoms with Crippen molar-refractivity contribution < 1.29 is 24.2 Å². The second kappa shape index (κ2) is 5.48. The second-order valence-electron chi connectivity index (χ2n) is 4.53. The van der Waals surface area contributed by atoms with E-state index in [-0.39, 0.29) is 18.1 Å². The number of aromatic nitrogens is 1. The SMILES string of the molecule is CC(C)(C)OC(=O)COc1cccnc1C(=O)O. The largest absolute Gasteiger partial charge is 0.479 e. The van der Waals surface area contributed by atoms with Crippen LogP contribution in [-0.2, 0) is 9.53 Å². The molecule has 6 nitrogen and oxygen atoms in total. The molecule has 0 aliphatic heterocycles. The average Bonchev–Trinajstić information content (AvgIpc) is 2.24. The van der Waals surface area contributed by atoms with E-state index in [9.17, 15) is 9.59 Å². The fourth-order valence-corrected chi connectivity index (χ4v) is 1.18. The van der Waals surface area contributed by atoms with Crippen LogP contribution in [0.1, 0.15) is 31.3 Å². The van der Waals surface area contributed by atoms with Gasteiger partial charge in [-0.15, -0.1) is 0 Å². The molecule has 98 valence electrons. The van der Waals surface area contributed by atoms with Crippen LogP contribution in [-0.4, -0.2) is 34.2 Å². The van der Waals surface area contributed by atoms with E-state index in [1.54, 1.807) is 20.8 Å². The van der Waals surface area contributed by atoms with Crippen LogP contribution in [0.25, 0.3) is 0 Å². The fourth-order valence-electron chi connectivity index (χ4n) is 1.18. The molecule has 1 aromatic rings. The minimum absolute atomic E-state index is 0.0378. The lowest BCUT2D eigenvalue weighted by Crippen LogP contribution is -2.27. The van der Waals surface area contributed by atoms with Crippen molar-refractivity contribution in [2.24, 2.45) is 0 Å². The number of carboxylic acids is 1. The quantitative estimate of drug-likeness (QED) is 0.818. The maximum absolute atomic E-state index is 11.4. The van der Waals surface area contributed by atoms with Crippen molar-refractivity contribution in [2.75, 3.05) is 6.61 Å². The first-order valence-corrected chi connectivity index (χ1v) is 5.32. The highest BCUT2D eigenvalue weighted by Gasteiger charge is 2.18. The van der Waals surface area contributed by atoms with E-state index >= 15 is 0 Å². The lowest BCUT2D eigenvalue weighted by atomic mass is 10.2. The topological polar surface area (TPSA) is 85.7 Å². The highest BCUT2D eigenvalue weighted by atomic mass is 16.6. The molecule has 1 aromatic heterocycles. The normalized spacial score (nSPS) is 10.8. The van der Waals surface area contributed by atoms with Crippen LogP contribution in [0.15, 0.2) is 18.3 Å². The molecule has 0 aliphatic rings. The first-order valence-electron chi connectivity index (χ1n) is 5.32. The van der Waals surface area contributed by atoms with Crippen LogP contribution in [0.5, 0.6) is 5.75 Å². The van der Waals surface area contributed by atoms with Gasteiger partial charge in [-0.25, -0.2) is 14.6 Å². The van der Waals surface area contributed by atoms with Crippen molar-refractivity contribution in [3.63, 3.8) is 0 Å². The third-order valence-electron chi connectivity index (χ3n) is 1.74. The van der Waals surface area contributed by atoms with Gasteiger partial charge in [0.25, 0.3) is 0 Å². The van der Waals surface area contributed by atoms with Gasteiger partial charge in [0.1, 0.15) is 5.60 Å². The van der Waals surface area contributed by atoms with Gasteiger partial charge in [0.05, 0.1) is 0 Å². The van der Waals surface area contributed by atoms with Crippen LogP contribution >= 0.6 is 0 Å². The van der Waals surface area contributed by atoms with Gasteiger partial charge in [-0.1, -0.05) is 0 Å². The molecule has 0 aromatic carbocycles. The summed E-state index contributed by atoms with van der Waals surface area (Å²) in [5.41, 5.74) is -0.841. The van der Waals surface area contributed by atoms with E-state index in [2.05, 4.69) is 4.98 Å². The summed E-state index contributed by atoms with van der Waals surface area (Å²) >= 11 is 0. The van der Waals surface area contributed by atoms with Crippen molar-refractivity contribution in [2.45, 2.75) is 26.4 Å². The Morgan fingerprint density at radius 3 is 2.61 bits per heavy atom. The molecule has 1 N–H and O–H groups in total. The minimum Gasteiger partial charge on any atom is -0.479 e. The summed E-state index contributed by atoms with van der Waals surface area (Å²) in [4.78, 5) is 25.9.